The number of likely N-dealkylation sites (N-methyl/N-ethyl adjacent to an activating group) is 1. The van der Waals surface area contributed by atoms with Gasteiger partial charge in [-0.05, 0) is 37.2 Å². The highest BCUT2D eigenvalue weighted by Gasteiger charge is 2.16. The predicted octanol–water partition coefficient (Wildman–Crippen LogP) is 3.21. The first-order valence-corrected chi connectivity index (χ1v) is 6.71. The molecule has 0 amide bonds. The quantitative estimate of drug-likeness (QED) is 0.875. The maximum absolute atomic E-state index is 5.47. The predicted molar refractivity (Wildman–Crippen MR) is 81.5 cm³/mol. The average molecular weight is 271 g/mol. The summed E-state index contributed by atoms with van der Waals surface area (Å²) >= 11 is 0. The van der Waals surface area contributed by atoms with Gasteiger partial charge in [0.25, 0.3) is 0 Å². The SMILES string of the molecule is CNC(Cc1ccccc1)c1cc(OC)ccc1OC. The molecule has 3 nitrogen and oxygen atoms in total. The van der Waals surface area contributed by atoms with Gasteiger partial charge in [-0.15, -0.1) is 0 Å². The summed E-state index contributed by atoms with van der Waals surface area (Å²) in [5.74, 6) is 1.72. The second-order valence-electron chi connectivity index (χ2n) is 4.64. The molecule has 3 heteroatoms. The maximum Gasteiger partial charge on any atom is 0.123 e. The van der Waals surface area contributed by atoms with Gasteiger partial charge in [-0.3, -0.25) is 0 Å². The smallest absolute Gasteiger partial charge is 0.123 e. The van der Waals surface area contributed by atoms with Crippen molar-refractivity contribution in [2.75, 3.05) is 21.3 Å². The van der Waals surface area contributed by atoms with Gasteiger partial charge < -0.3 is 14.8 Å². The van der Waals surface area contributed by atoms with E-state index >= 15 is 0 Å². The Kier molecular flexibility index (Phi) is 5.02. The minimum Gasteiger partial charge on any atom is -0.497 e. The highest BCUT2D eigenvalue weighted by atomic mass is 16.5. The molecule has 1 unspecified atom stereocenters. The first-order chi connectivity index (χ1) is 9.78. The molecule has 0 radical (unpaired) electrons. The topological polar surface area (TPSA) is 30.5 Å². The molecule has 0 aliphatic rings. The van der Waals surface area contributed by atoms with Crippen molar-refractivity contribution in [3.63, 3.8) is 0 Å². The van der Waals surface area contributed by atoms with Gasteiger partial charge in [-0.25, -0.2) is 0 Å². The van der Waals surface area contributed by atoms with E-state index in [4.69, 9.17) is 9.47 Å². The van der Waals surface area contributed by atoms with Crippen LogP contribution in [0.5, 0.6) is 11.5 Å². The van der Waals surface area contributed by atoms with Crippen molar-refractivity contribution in [1.29, 1.82) is 0 Å². The van der Waals surface area contributed by atoms with Crippen LogP contribution in [-0.4, -0.2) is 21.3 Å². The zero-order valence-corrected chi connectivity index (χ0v) is 12.2. The Balaban J connectivity index is 2.30. The van der Waals surface area contributed by atoms with Crippen molar-refractivity contribution in [2.45, 2.75) is 12.5 Å². The van der Waals surface area contributed by atoms with E-state index in [2.05, 4.69) is 29.6 Å². The number of rotatable bonds is 6. The van der Waals surface area contributed by atoms with E-state index in [-0.39, 0.29) is 6.04 Å². The van der Waals surface area contributed by atoms with Crippen LogP contribution in [-0.2, 0) is 6.42 Å². The van der Waals surface area contributed by atoms with E-state index in [0.29, 0.717) is 0 Å². The summed E-state index contributed by atoms with van der Waals surface area (Å²) in [6.45, 7) is 0. The minimum absolute atomic E-state index is 0.183. The summed E-state index contributed by atoms with van der Waals surface area (Å²) in [4.78, 5) is 0. The lowest BCUT2D eigenvalue weighted by Crippen LogP contribution is -2.19. The molecule has 2 rings (SSSR count). The number of hydrogen-bond acceptors (Lipinski definition) is 3. The lowest BCUT2D eigenvalue weighted by Gasteiger charge is -2.20. The number of benzene rings is 2. The van der Waals surface area contributed by atoms with Crippen LogP contribution in [0, 0.1) is 0 Å². The third-order valence-electron chi connectivity index (χ3n) is 3.44. The standard InChI is InChI=1S/C17H21NO2/c1-18-16(11-13-7-5-4-6-8-13)15-12-14(19-2)9-10-17(15)20-3/h4-10,12,16,18H,11H2,1-3H3. The molecule has 0 aliphatic carbocycles. The van der Waals surface area contributed by atoms with E-state index in [1.165, 1.54) is 5.56 Å². The van der Waals surface area contributed by atoms with Crippen molar-refractivity contribution < 1.29 is 9.47 Å². The van der Waals surface area contributed by atoms with Gasteiger partial charge in [0, 0.05) is 11.6 Å². The fourth-order valence-corrected chi connectivity index (χ4v) is 2.33. The molecule has 0 saturated heterocycles. The highest BCUT2D eigenvalue weighted by Crippen LogP contribution is 2.31. The summed E-state index contributed by atoms with van der Waals surface area (Å²) in [7, 11) is 5.34. The number of nitrogens with one attached hydrogen (secondary N) is 1. The Morgan fingerprint density at radius 2 is 1.75 bits per heavy atom. The Bertz CT molecular complexity index is 540. The number of hydrogen-bond donors (Lipinski definition) is 1. The highest BCUT2D eigenvalue weighted by molar-refractivity contribution is 5.43. The molecule has 0 saturated carbocycles. The van der Waals surface area contributed by atoms with Crippen LogP contribution in [0.15, 0.2) is 48.5 Å². The molecule has 106 valence electrons. The molecular weight excluding hydrogens is 250 g/mol. The van der Waals surface area contributed by atoms with Crippen LogP contribution in [0.1, 0.15) is 17.2 Å². The van der Waals surface area contributed by atoms with Crippen LogP contribution in [0.3, 0.4) is 0 Å². The summed E-state index contributed by atoms with van der Waals surface area (Å²) in [5, 5.41) is 3.36. The van der Waals surface area contributed by atoms with Gasteiger partial charge in [0.2, 0.25) is 0 Å². The fraction of sp³-hybridized carbons (Fsp3) is 0.294. The van der Waals surface area contributed by atoms with Crippen molar-refractivity contribution in [2.24, 2.45) is 0 Å². The zero-order valence-electron chi connectivity index (χ0n) is 12.2. The molecule has 0 spiro atoms. The molecule has 0 bridgehead atoms. The third kappa shape index (κ3) is 3.31. The van der Waals surface area contributed by atoms with Gasteiger partial charge >= 0.3 is 0 Å². The van der Waals surface area contributed by atoms with E-state index in [1.807, 2.05) is 31.3 Å². The number of methoxy groups -OCH3 is 2. The molecule has 0 fully saturated rings. The van der Waals surface area contributed by atoms with Crippen molar-refractivity contribution in [1.82, 2.24) is 5.32 Å². The molecule has 1 atom stereocenters. The van der Waals surface area contributed by atoms with E-state index in [1.54, 1.807) is 14.2 Å². The van der Waals surface area contributed by atoms with E-state index < -0.39 is 0 Å². The summed E-state index contributed by atoms with van der Waals surface area (Å²) in [5.41, 5.74) is 2.40. The largest absolute Gasteiger partial charge is 0.497 e. The van der Waals surface area contributed by atoms with Gasteiger partial charge in [-0.1, -0.05) is 30.3 Å². The summed E-state index contributed by atoms with van der Waals surface area (Å²) < 4.78 is 10.8. The molecular formula is C17H21NO2. The van der Waals surface area contributed by atoms with E-state index in [0.717, 1.165) is 23.5 Å². The minimum atomic E-state index is 0.183. The van der Waals surface area contributed by atoms with Crippen LogP contribution in [0.2, 0.25) is 0 Å². The van der Waals surface area contributed by atoms with Crippen LogP contribution < -0.4 is 14.8 Å². The average Bonchev–Trinajstić information content (AvgIpc) is 2.53. The zero-order chi connectivity index (χ0) is 14.4. The first kappa shape index (κ1) is 14.4. The molecule has 2 aromatic rings. The number of ether oxygens (including phenoxy) is 2. The van der Waals surface area contributed by atoms with Gasteiger partial charge in [-0.2, -0.15) is 0 Å². The Hall–Kier alpha value is -2.00. The van der Waals surface area contributed by atoms with Crippen molar-refractivity contribution in [3.05, 3.63) is 59.7 Å². The van der Waals surface area contributed by atoms with Crippen molar-refractivity contribution >= 4 is 0 Å². The lowest BCUT2D eigenvalue weighted by molar-refractivity contribution is 0.391. The fourth-order valence-electron chi connectivity index (χ4n) is 2.33. The summed E-state index contributed by atoms with van der Waals surface area (Å²) in [6.07, 6.45) is 0.904. The Morgan fingerprint density at radius 3 is 2.35 bits per heavy atom. The molecule has 1 N–H and O–H groups in total. The first-order valence-electron chi connectivity index (χ1n) is 6.71. The molecule has 2 aromatic carbocycles. The summed E-state index contributed by atoms with van der Waals surface area (Å²) in [6, 6.07) is 16.5. The van der Waals surface area contributed by atoms with Gasteiger partial charge in [0.05, 0.1) is 14.2 Å². The van der Waals surface area contributed by atoms with Gasteiger partial charge in [0.15, 0.2) is 0 Å². The second kappa shape index (κ2) is 6.96. The molecule has 20 heavy (non-hydrogen) atoms. The molecule has 0 aromatic heterocycles. The van der Waals surface area contributed by atoms with Crippen LogP contribution >= 0.6 is 0 Å². The normalized spacial score (nSPS) is 11.9. The monoisotopic (exact) mass is 271 g/mol. The second-order valence-corrected chi connectivity index (χ2v) is 4.64. The Labute approximate surface area is 120 Å². The lowest BCUT2D eigenvalue weighted by atomic mass is 9.98. The van der Waals surface area contributed by atoms with Crippen molar-refractivity contribution in [3.8, 4) is 11.5 Å². The third-order valence-corrected chi connectivity index (χ3v) is 3.44. The van der Waals surface area contributed by atoms with Crippen LogP contribution in [0.4, 0.5) is 0 Å². The molecule has 0 aliphatic heterocycles. The Morgan fingerprint density at radius 1 is 1.00 bits per heavy atom. The van der Waals surface area contributed by atoms with E-state index in [9.17, 15) is 0 Å². The van der Waals surface area contributed by atoms with Gasteiger partial charge in [0.1, 0.15) is 11.5 Å². The maximum atomic E-state index is 5.47. The van der Waals surface area contributed by atoms with Crippen LogP contribution in [0.25, 0.3) is 0 Å². The molecule has 0 heterocycles.